The van der Waals surface area contributed by atoms with Gasteiger partial charge in [0.15, 0.2) is 0 Å². The van der Waals surface area contributed by atoms with Crippen molar-refractivity contribution in [2.24, 2.45) is 7.05 Å². The van der Waals surface area contributed by atoms with E-state index in [4.69, 9.17) is 0 Å². The summed E-state index contributed by atoms with van der Waals surface area (Å²) in [5.74, 6) is 0. The van der Waals surface area contributed by atoms with Gasteiger partial charge in [0.25, 0.3) is 0 Å². The third-order valence-electron chi connectivity index (χ3n) is 2.62. The average Bonchev–Trinajstić information content (AvgIpc) is 2.61. The van der Waals surface area contributed by atoms with Crippen LogP contribution in [0.4, 0.5) is 0 Å². The fourth-order valence-corrected chi connectivity index (χ4v) is 1.41. The zero-order valence-electron chi connectivity index (χ0n) is 10.1. The summed E-state index contributed by atoms with van der Waals surface area (Å²) in [6, 6.07) is 2.45. The summed E-state index contributed by atoms with van der Waals surface area (Å²) in [6.45, 7) is 7.59. The van der Waals surface area contributed by atoms with Gasteiger partial charge in [-0.15, -0.1) is 0 Å². The van der Waals surface area contributed by atoms with Gasteiger partial charge >= 0.3 is 0 Å². The van der Waals surface area contributed by atoms with Gasteiger partial charge in [-0.05, 0) is 39.0 Å². The largest absolute Gasteiger partial charge is 0.311 e. The second kappa shape index (κ2) is 5.71. The van der Waals surface area contributed by atoms with Crippen molar-refractivity contribution in [3.05, 3.63) is 23.5 Å². The van der Waals surface area contributed by atoms with Gasteiger partial charge < -0.3 is 5.32 Å². The Morgan fingerprint density at radius 1 is 1.67 bits per heavy atom. The van der Waals surface area contributed by atoms with E-state index >= 15 is 0 Å². The number of nitrogens with zero attached hydrogens (tertiary/aromatic N) is 2. The first-order valence-corrected chi connectivity index (χ1v) is 5.54. The molecule has 0 fully saturated rings. The standard InChI is InChI=1S/C12H21N3/c1-5-7-13-11(3)10(2)9-12-6-8-14-15(12)4/h6,8-9,11,13H,5,7H2,1-4H3. The van der Waals surface area contributed by atoms with Gasteiger partial charge in [0.1, 0.15) is 0 Å². The lowest BCUT2D eigenvalue weighted by atomic mass is 10.1. The van der Waals surface area contributed by atoms with E-state index in [-0.39, 0.29) is 0 Å². The predicted octanol–water partition coefficient (Wildman–Crippen LogP) is 2.21. The van der Waals surface area contributed by atoms with Gasteiger partial charge in [-0.25, -0.2) is 0 Å². The molecule has 1 atom stereocenters. The van der Waals surface area contributed by atoms with Crippen molar-refractivity contribution in [3.8, 4) is 0 Å². The molecule has 1 aromatic heterocycles. The minimum atomic E-state index is 0.430. The van der Waals surface area contributed by atoms with Crippen molar-refractivity contribution in [1.29, 1.82) is 0 Å². The maximum absolute atomic E-state index is 4.14. The normalized spacial score (nSPS) is 14.3. The molecule has 1 unspecified atom stereocenters. The van der Waals surface area contributed by atoms with Crippen LogP contribution in [0.15, 0.2) is 17.8 Å². The summed E-state index contributed by atoms with van der Waals surface area (Å²) >= 11 is 0. The molecule has 0 aromatic carbocycles. The van der Waals surface area contributed by atoms with Gasteiger partial charge in [0.05, 0.1) is 5.69 Å². The lowest BCUT2D eigenvalue weighted by molar-refractivity contribution is 0.603. The molecule has 0 aliphatic rings. The molecule has 1 aromatic rings. The molecule has 0 amide bonds. The lowest BCUT2D eigenvalue weighted by Crippen LogP contribution is -2.27. The summed E-state index contributed by atoms with van der Waals surface area (Å²) < 4.78 is 1.88. The van der Waals surface area contributed by atoms with Crippen molar-refractivity contribution >= 4 is 6.08 Å². The second-order valence-electron chi connectivity index (χ2n) is 3.94. The maximum atomic E-state index is 4.14. The summed E-state index contributed by atoms with van der Waals surface area (Å²) in [7, 11) is 1.96. The van der Waals surface area contributed by atoms with E-state index in [1.165, 1.54) is 12.0 Å². The molecule has 15 heavy (non-hydrogen) atoms. The molecule has 1 N–H and O–H groups in total. The molecular weight excluding hydrogens is 186 g/mol. The highest BCUT2D eigenvalue weighted by Gasteiger charge is 2.03. The average molecular weight is 207 g/mol. The molecule has 0 saturated heterocycles. The molecule has 0 aliphatic carbocycles. The van der Waals surface area contributed by atoms with Crippen LogP contribution >= 0.6 is 0 Å². The van der Waals surface area contributed by atoms with E-state index in [0.717, 1.165) is 12.2 Å². The highest BCUT2D eigenvalue weighted by Crippen LogP contribution is 2.08. The van der Waals surface area contributed by atoms with Crippen LogP contribution in [-0.4, -0.2) is 22.4 Å². The molecule has 3 heteroatoms. The molecule has 84 valence electrons. The van der Waals surface area contributed by atoms with Crippen LogP contribution in [0.1, 0.15) is 32.9 Å². The first-order valence-electron chi connectivity index (χ1n) is 5.54. The Balaban J connectivity index is 2.63. The summed E-state index contributed by atoms with van der Waals surface area (Å²) in [5, 5.41) is 7.61. The Morgan fingerprint density at radius 3 is 2.93 bits per heavy atom. The van der Waals surface area contributed by atoms with E-state index in [1.807, 2.05) is 24.0 Å². The SMILES string of the molecule is CCCNC(C)C(C)=Cc1ccnn1C. The topological polar surface area (TPSA) is 29.9 Å². The molecule has 0 spiro atoms. The van der Waals surface area contributed by atoms with E-state index in [0.29, 0.717) is 6.04 Å². The maximum Gasteiger partial charge on any atom is 0.0606 e. The predicted molar refractivity (Wildman–Crippen MR) is 64.6 cm³/mol. The highest BCUT2D eigenvalue weighted by atomic mass is 15.2. The van der Waals surface area contributed by atoms with Crippen molar-refractivity contribution in [2.75, 3.05) is 6.54 Å². The summed E-state index contributed by atoms with van der Waals surface area (Å²) in [4.78, 5) is 0. The Morgan fingerprint density at radius 2 is 2.40 bits per heavy atom. The number of aryl methyl sites for hydroxylation is 1. The number of aromatic nitrogens is 2. The monoisotopic (exact) mass is 207 g/mol. The van der Waals surface area contributed by atoms with Crippen molar-refractivity contribution in [2.45, 2.75) is 33.2 Å². The molecule has 3 nitrogen and oxygen atoms in total. The van der Waals surface area contributed by atoms with Gasteiger partial charge in [0.2, 0.25) is 0 Å². The van der Waals surface area contributed by atoms with E-state index in [1.54, 1.807) is 0 Å². The lowest BCUT2D eigenvalue weighted by Gasteiger charge is -2.13. The van der Waals surface area contributed by atoms with Crippen LogP contribution in [-0.2, 0) is 7.05 Å². The van der Waals surface area contributed by atoms with Crippen molar-refractivity contribution < 1.29 is 0 Å². The Kier molecular flexibility index (Phi) is 4.56. The molecule has 0 saturated carbocycles. The zero-order valence-corrected chi connectivity index (χ0v) is 10.1. The molecule has 0 aliphatic heterocycles. The van der Waals surface area contributed by atoms with Crippen LogP contribution in [0.3, 0.4) is 0 Å². The fraction of sp³-hybridized carbons (Fsp3) is 0.583. The van der Waals surface area contributed by atoms with E-state index < -0.39 is 0 Å². The Hall–Kier alpha value is -1.09. The van der Waals surface area contributed by atoms with Gasteiger partial charge in [-0.2, -0.15) is 5.10 Å². The van der Waals surface area contributed by atoms with Crippen molar-refractivity contribution in [1.82, 2.24) is 15.1 Å². The quantitative estimate of drug-likeness (QED) is 0.802. The van der Waals surface area contributed by atoms with Crippen LogP contribution in [0, 0.1) is 0 Å². The second-order valence-corrected chi connectivity index (χ2v) is 3.94. The van der Waals surface area contributed by atoms with Gasteiger partial charge in [-0.1, -0.05) is 12.5 Å². The van der Waals surface area contributed by atoms with E-state index in [9.17, 15) is 0 Å². The van der Waals surface area contributed by atoms with Crippen LogP contribution in [0.25, 0.3) is 6.08 Å². The zero-order chi connectivity index (χ0) is 11.3. The molecule has 0 bridgehead atoms. The summed E-state index contributed by atoms with van der Waals surface area (Å²) in [6.07, 6.45) is 5.17. The third kappa shape index (κ3) is 3.51. The molecule has 1 rings (SSSR count). The molecule has 0 radical (unpaired) electrons. The molecule has 1 heterocycles. The summed E-state index contributed by atoms with van der Waals surface area (Å²) in [5.41, 5.74) is 2.49. The van der Waals surface area contributed by atoms with E-state index in [2.05, 4.69) is 37.3 Å². The minimum absolute atomic E-state index is 0.430. The number of hydrogen-bond acceptors (Lipinski definition) is 2. The van der Waals surface area contributed by atoms with Gasteiger partial charge in [0, 0.05) is 19.3 Å². The number of rotatable bonds is 5. The van der Waals surface area contributed by atoms with Crippen LogP contribution in [0.2, 0.25) is 0 Å². The fourth-order valence-electron chi connectivity index (χ4n) is 1.41. The first kappa shape index (κ1) is 12.0. The minimum Gasteiger partial charge on any atom is -0.311 e. The van der Waals surface area contributed by atoms with Gasteiger partial charge in [-0.3, -0.25) is 4.68 Å². The number of hydrogen-bond donors (Lipinski definition) is 1. The third-order valence-corrected chi connectivity index (χ3v) is 2.62. The Bertz CT molecular complexity index is 325. The molecular formula is C12H21N3. The highest BCUT2D eigenvalue weighted by molar-refractivity contribution is 5.49. The van der Waals surface area contributed by atoms with Crippen molar-refractivity contribution in [3.63, 3.8) is 0 Å². The van der Waals surface area contributed by atoms with Crippen LogP contribution < -0.4 is 5.32 Å². The Labute approximate surface area is 92.2 Å². The number of nitrogens with one attached hydrogen (secondary N) is 1. The smallest absolute Gasteiger partial charge is 0.0606 e. The first-order chi connectivity index (χ1) is 7.15. The van der Waals surface area contributed by atoms with Crippen LogP contribution in [0.5, 0.6) is 0 Å².